The summed E-state index contributed by atoms with van der Waals surface area (Å²) in [4.78, 5) is 14.9. The van der Waals surface area contributed by atoms with Crippen molar-refractivity contribution in [3.8, 4) is 5.75 Å². The lowest BCUT2D eigenvalue weighted by Gasteiger charge is -2.10. The summed E-state index contributed by atoms with van der Waals surface area (Å²) in [6, 6.07) is 6.06. The number of ketones is 1. The molecule has 1 aromatic carbocycles. The smallest absolute Gasteiger partial charge is 0.256 e. The van der Waals surface area contributed by atoms with E-state index < -0.39 is 12.1 Å². The van der Waals surface area contributed by atoms with Gasteiger partial charge in [-0.15, -0.1) is 0 Å². The molecule has 1 aromatic rings. The lowest BCUT2D eigenvalue weighted by Crippen LogP contribution is -2.26. The monoisotopic (exact) mass is 228 g/mol. The fourth-order valence-corrected chi connectivity index (χ4v) is 1.22. The zero-order valence-electron chi connectivity index (χ0n) is 8.85. The molecule has 0 aromatic heterocycles. The molecule has 0 aliphatic carbocycles. The van der Waals surface area contributed by atoms with E-state index in [0.29, 0.717) is 5.56 Å². The Morgan fingerprint density at radius 1 is 1.44 bits per heavy atom. The zero-order valence-corrected chi connectivity index (χ0v) is 8.85. The lowest BCUT2D eigenvalue weighted by molar-refractivity contribution is -0.261. The maximum atomic E-state index is 12.0. The van der Waals surface area contributed by atoms with Gasteiger partial charge in [0.05, 0.1) is 0 Å². The maximum absolute atomic E-state index is 12.0. The number of rotatable bonds is 6. The molecule has 0 bridgehead atoms. The van der Waals surface area contributed by atoms with Gasteiger partial charge in [0.25, 0.3) is 6.29 Å². The van der Waals surface area contributed by atoms with Gasteiger partial charge in [0.15, 0.2) is 5.78 Å². The highest BCUT2D eigenvalue weighted by molar-refractivity contribution is 5.84. The second kappa shape index (κ2) is 6.19. The first-order valence-corrected chi connectivity index (χ1v) is 4.87. The number of hydrogen-bond acceptors (Lipinski definition) is 4. The molecule has 1 N–H and O–H groups in total. The summed E-state index contributed by atoms with van der Waals surface area (Å²) in [7, 11) is 0. The third-order valence-electron chi connectivity index (χ3n) is 1.98. The van der Waals surface area contributed by atoms with Gasteiger partial charge >= 0.3 is 0 Å². The molecule has 1 atom stereocenters. The Labute approximate surface area is 92.5 Å². The summed E-state index contributed by atoms with van der Waals surface area (Å²) in [5.74, 6) is -0.394. The zero-order chi connectivity index (χ0) is 12.0. The van der Waals surface area contributed by atoms with Gasteiger partial charge in [0.2, 0.25) is 0 Å². The molecule has 5 heteroatoms. The molecule has 1 unspecified atom stereocenters. The standard InChI is InChI=1S/C11H13FO4/c1-2-15-11(16-12)10(14)7-8-3-5-9(13)6-4-8/h3-6,11,13H,2,7H2,1H3. The molecule has 0 fully saturated rings. The van der Waals surface area contributed by atoms with Crippen molar-refractivity contribution in [2.24, 2.45) is 0 Å². The van der Waals surface area contributed by atoms with E-state index in [1.54, 1.807) is 19.1 Å². The Kier molecular flexibility index (Phi) is 4.88. The van der Waals surface area contributed by atoms with Crippen molar-refractivity contribution in [2.75, 3.05) is 6.61 Å². The third-order valence-corrected chi connectivity index (χ3v) is 1.98. The van der Waals surface area contributed by atoms with Crippen LogP contribution in [0.5, 0.6) is 5.75 Å². The van der Waals surface area contributed by atoms with E-state index in [9.17, 15) is 9.32 Å². The predicted molar refractivity (Wildman–Crippen MR) is 54.4 cm³/mol. The van der Waals surface area contributed by atoms with E-state index in [4.69, 9.17) is 9.84 Å². The normalized spacial score (nSPS) is 12.4. The van der Waals surface area contributed by atoms with Crippen LogP contribution in [-0.4, -0.2) is 23.8 Å². The van der Waals surface area contributed by atoms with E-state index in [1.165, 1.54) is 12.1 Å². The van der Waals surface area contributed by atoms with Gasteiger partial charge in [-0.25, -0.2) is 0 Å². The molecule has 0 radical (unpaired) electrons. The number of aromatic hydroxyl groups is 1. The summed E-state index contributed by atoms with van der Waals surface area (Å²) >= 11 is 0. The van der Waals surface area contributed by atoms with Crippen molar-refractivity contribution in [3.63, 3.8) is 0 Å². The van der Waals surface area contributed by atoms with Crippen LogP contribution >= 0.6 is 0 Å². The highest BCUT2D eigenvalue weighted by Crippen LogP contribution is 2.11. The minimum atomic E-state index is -1.47. The Morgan fingerprint density at radius 3 is 2.56 bits per heavy atom. The van der Waals surface area contributed by atoms with Crippen molar-refractivity contribution in [2.45, 2.75) is 19.6 Å². The Hall–Kier alpha value is -1.46. The topological polar surface area (TPSA) is 55.8 Å². The van der Waals surface area contributed by atoms with Gasteiger partial charge in [-0.2, -0.15) is 4.94 Å². The number of benzene rings is 1. The summed E-state index contributed by atoms with van der Waals surface area (Å²) < 4.78 is 16.7. The molecule has 16 heavy (non-hydrogen) atoms. The average molecular weight is 228 g/mol. The van der Waals surface area contributed by atoms with Crippen molar-refractivity contribution in [1.82, 2.24) is 0 Å². The van der Waals surface area contributed by atoms with Crippen LogP contribution in [0.3, 0.4) is 0 Å². The average Bonchev–Trinajstić information content (AvgIpc) is 2.29. The Balaban J connectivity index is 2.59. The van der Waals surface area contributed by atoms with Gasteiger partial charge in [-0.3, -0.25) is 4.79 Å². The van der Waals surface area contributed by atoms with Gasteiger partial charge in [0, 0.05) is 13.0 Å². The minimum absolute atomic E-state index is 0.00509. The maximum Gasteiger partial charge on any atom is 0.256 e. The Morgan fingerprint density at radius 2 is 2.06 bits per heavy atom. The number of phenols is 1. The van der Waals surface area contributed by atoms with Crippen LogP contribution in [-0.2, 0) is 20.9 Å². The van der Waals surface area contributed by atoms with Crippen LogP contribution in [0.2, 0.25) is 0 Å². The van der Waals surface area contributed by atoms with Crippen molar-refractivity contribution in [1.29, 1.82) is 0 Å². The van der Waals surface area contributed by atoms with Crippen molar-refractivity contribution in [3.05, 3.63) is 29.8 Å². The van der Waals surface area contributed by atoms with Crippen LogP contribution in [0, 0.1) is 0 Å². The van der Waals surface area contributed by atoms with E-state index in [0.717, 1.165) is 0 Å². The summed E-state index contributed by atoms with van der Waals surface area (Å²) in [5, 5.41) is 9.04. The van der Waals surface area contributed by atoms with Crippen LogP contribution in [0.25, 0.3) is 0 Å². The molecule has 0 spiro atoms. The predicted octanol–water partition coefficient (Wildman–Crippen LogP) is 1.77. The lowest BCUT2D eigenvalue weighted by atomic mass is 10.1. The van der Waals surface area contributed by atoms with Crippen LogP contribution in [0.4, 0.5) is 4.53 Å². The first kappa shape index (κ1) is 12.6. The summed E-state index contributed by atoms with van der Waals surface area (Å²) in [6.45, 7) is 1.83. The summed E-state index contributed by atoms with van der Waals surface area (Å²) in [5.41, 5.74) is 0.657. The molecule has 0 amide bonds. The molecule has 0 saturated carbocycles. The molecule has 88 valence electrons. The number of ether oxygens (including phenoxy) is 1. The number of phenolic OH excluding ortho intramolecular Hbond substituents is 1. The summed E-state index contributed by atoms with van der Waals surface area (Å²) in [6.07, 6.45) is -1.48. The van der Waals surface area contributed by atoms with Crippen LogP contribution in [0.15, 0.2) is 24.3 Å². The molecule has 0 aliphatic heterocycles. The van der Waals surface area contributed by atoms with Crippen LogP contribution < -0.4 is 0 Å². The highest BCUT2D eigenvalue weighted by atomic mass is 19.3. The molecule has 1 rings (SSSR count). The number of hydrogen-bond donors (Lipinski definition) is 1. The number of Topliss-reactive ketones (excluding diaryl/α,β-unsaturated/α-hetero) is 1. The molecule has 0 heterocycles. The molecular formula is C11H13FO4. The number of carbonyl (C=O) groups is 1. The van der Waals surface area contributed by atoms with Crippen molar-refractivity contribution >= 4 is 5.78 Å². The highest BCUT2D eigenvalue weighted by Gasteiger charge is 2.20. The van der Waals surface area contributed by atoms with Crippen molar-refractivity contribution < 1.29 is 24.1 Å². The molecule has 4 nitrogen and oxygen atoms in total. The SMILES string of the molecule is CCOC(OF)C(=O)Cc1ccc(O)cc1. The second-order valence-corrected chi connectivity index (χ2v) is 3.19. The van der Waals surface area contributed by atoms with E-state index in [1.807, 2.05) is 0 Å². The molecule has 0 aliphatic rings. The van der Waals surface area contributed by atoms with E-state index in [-0.39, 0.29) is 18.8 Å². The fraction of sp³-hybridized carbons (Fsp3) is 0.364. The second-order valence-electron chi connectivity index (χ2n) is 3.19. The van der Waals surface area contributed by atoms with Gasteiger partial charge < -0.3 is 9.84 Å². The first-order chi connectivity index (χ1) is 7.67. The fourth-order valence-electron chi connectivity index (χ4n) is 1.22. The van der Waals surface area contributed by atoms with Crippen LogP contribution in [0.1, 0.15) is 12.5 Å². The minimum Gasteiger partial charge on any atom is -0.508 e. The number of carbonyl (C=O) groups excluding carboxylic acids is 1. The van der Waals surface area contributed by atoms with Gasteiger partial charge in [-0.05, 0) is 29.1 Å². The molecule has 0 saturated heterocycles. The van der Waals surface area contributed by atoms with E-state index in [2.05, 4.69) is 4.94 Å². The van der Waals surface area contributed by atoms with Gasteiger partial charge in [0.1, 0.15) is 5.75 Å². The molecular weight excluding hydrogens is 215 g/mol. The third kappa shape index (κ3) is 3.60. The first-order valence-electron chi connectivity index (χ1n) is 4.87. The van der Waals surface area contributed by atoms with Gasteiger partial charge in [-0.1, -0.05) is 12.1 Å². The number of halogens is 1. The largest absolute Gasteiger partial charge is 0.508 e. The van der Waals surface area contributed by atoms with E-state index >= 15 is 0 Å². The Bertz CT molecular complexity index is 336. The quantitative estimate of drug-likeness (QED) is 0.754.